The zero-order chi connectivity index (χ0) is 10.1. The first-order chi connectivity index (χ1) is 7.43. The van der Waals surface area contributed by atoms with Crippen molar-refractivity contribution < 1.29 is 4.74 Å². The van der Waals surface area contributed by atoms with Gasteiger partial charge in [-0.2, -0.15) is 0 Å². The fourth-order valence-corrected chi connectivity index (χ4v) is 2.58. The van der Waals surface area contributed by atoms with E-state index < -0.39 is 0 Å². The Hall–Kier alpha value is -0.800. The minimum atomic E-state index is 0.379. The van der Waals surface area contributed by atoms with Gasteiger partial charge in [0.05, 0.1) is 19.3 Å². The van der Waals surface area contributed by atoms with Crippen LogP contribution in [0.2, 0.25) is 0 Å². The van der Waals surface area contributed by atoms with Crippen LogP contribution in [0.3, 0.4) is 0 Å². The van der Waals surface area contributed by atoms with Crippen LogP contribution in [-0.4, -0.2) is 24.7 Å². The summed E-state index contributed by atoms with van der Waals surface area (Å²) < 4.78 is 5.49. The molecule has 2 aliphatic rings. The van der Waals surface area contributed by atoms with E-state index in [4.69, 9.17) is 4.74 Å². The number of ether oxygens (including phenoxy) is 1. The molecule has 3 heteroatoms. The molecule has 2 heterocycles. The molecular weight excluding hydrogens is 188 g/mol. The number of nitrogens with one attached hydrogen (secondary N) is 2. The molecule has 15 heavy (non-hydrogen) atoms. The standard InChI is InChI=1S/C12H18N2O/c1-2-4-10-9(3-1)7-11(14-10)12-8-15-6-5-13-12/h7,12-14H,1-6,8H2. The molecule has 0 radical (unpaired) electrons. The van der Waals surface area contributed by atoms with Crippen LogP contribution in [0.4, 0.5) is 0 Å². The van der Waals surface area contributed by atoms with Gasteiger partial charge >= 0.3 is 0 Å². The minimum absolute atomic E-state index is 0.379. The van der Waals surface area contributed by atoms with Gasteiger partial charge < -0.3 is 15.0 Å². The van der Waals surface area contributed by atoms with Crippen molar-refractivity contribution in [2.24, 2.45) is 0 Å². The molecule has 1 aliphatic carbocycles. The van der Waals surface area contributed by atoms with E-state index in [9.17, 15) is 0 Å². The number of hydrogen-bond donors (Lipinski definition) is 2. The molecule has 1 atom stereocenters. The first kappa shape index (κ1) is 9.43. The van der Waals surface area contributed by atoms with E-state index in [-0.39, 0.29) is 0 Å². The summed E-state index contributed by atoms with van der Waals surface area (Å²) in [5.41, 5.74) is 4.31. The fraction of sp³-hybridized carbons (Fsp3) is 0.667. The second-order valence-corrected chi connectivity index (χ2v) is 4.52. The average molecular weight is 206 g/mol. The normalized spacial score (nSPS) is 26.3. The number of morpholine rings is 1. The van der Waals surface area contributed by atoms with Gasteiger partial charge in [-0.25, -0.2) is 0 Å². The quantitative estimate of drug-likeness (QED) is 0.731. The zero-order valence-electron chi connectivity index (χ0n) is 9.01. The van der Waals surface area contributed by atoms with Crippen molar-refractivity contribution in [3.05, 3.63) is 23.0 Å². The molecule has 82 valence electrons. The number of H-pyrrole nitrogens is 1. The van der Waals surface area contributed by atoms with Gasteiger partial charge in [-0.05, 0) is 37.3 Å². The minimum Gasteiger partial charge on any atom is -0.378 e. The summed E-state index contributed by atoms with van der Waals surface area (Å²) in [7, 11) is 0. The van der Waals surface area contributed by atoms with Crippen LogP contribution in [0.5, 0.6) is 0 Å². The monoisotopic (exact) mass is 206 g/mol. The van der Waals surface area contributed by atoms with Gasteiger partial charge in [-0.1, -0.05) is 0 Å². The van der Waals surface area contributed by atoms with E-state index in [0.717, 1.165) is 19.8 Å². The third-order valence-electron chi connectivity index (χ3n) is 3.43. The second-order valence-electron chi connectivity index (χ2n) is 4.52. The lowest BCUT2D eigenvalue weighted by atomic mass is 9.98. The van der Waals surface area contributed by atoms with Gasteiger partial charge in [-0.15, -0.1) is 0 Å². The molecule has 3 rings (SSSR count). The third-order valence-corrected chi connectivity index (χ3v) is 3.43. The molecule has 0 saturated carbocycles. The van der Waals surface area contributed by atoms with E-state index in [0.29, 0.717) is 6.04 Å². The van der Waals surface area contributed by atoms with Gasteiger partial charge in [0.2, 0.25) is 0 Å². The maximum Gasteiger partial charge on any atom is 0.0711 e. The number of aromatic amines is 1. The smallest absolute Gasteiger partial charge is 0.0711 e. The topological polar surface area (TPSA) is 37.0 Å². The molecule has 1 unspecified atom stereocenters. The molecule has 0 bridgehead atoms. The highest BCUT2D eigenvalue weighted by Crippen LogP contribution is 2.25. The Balaban J connectivity index is 1.82. The maximum absolute atomic E-state index is 5.49. The molecular formula is C12H18N2O. The molecule has 1 aromatic heterocycles. The van der Waals surface area contributed by atoms with Crippen LogP contribution in [0.25, 0.3) is 0 Å². The van der Waals surface area contributed by atoms with Crippen LogP contribution < -0.4 is 5.32 Å². The molecule has 0 amide bonds. The number of aryl methyl sites for hydroxylation is 2. The lowest BCUT2D eigenvalue weighted by Gasteiger charge is -2.22. The fourth-order valence-electron chi connectivity index (χ4n) is 2.58. The number of rotatable bonds is 1. The largest absolute Gasteiger partial charge is 0.378 e. The van der Waals surface area contributed by atoms with E-state index >= 15 is 0 Å². The Labute approximate surface area is 90.2 Å². The van der Waals surface area contributed by atoms with Crippen molar-refractivity contribution in [2.75, 3.05) is 19.8 Å². The van der Waals surface area contributed by atoms with E-state index in [1.807, 2.05) is 0 Å². The van der Waals surface area contributed by atoms with Gasteiger partial charge in [-0.3, -0.25) is 0 Å². The van der Waals surface area contributed by atoms with E-state index in [1.54, 1.807) is 0 Å². The van der Waals surface area contributed by atoms with E-state index in [1.165, 1.54) is 42.6 Å². The van der Waals surface area contributed by atoms with Gasteiger partial charge in [0.1, 0.15) is 0 Å². The van der Waals surface area contributed by atoms with Crippen LogP contribution in [0.1, 0.15) is 35.8 Å². The SMILES string of the molecule is c1c(C2COCCN2)[nH]c2c1CCCC2. The predicted molar refractivity (Wildman–Crippen MR) is 59.0 cm³/mol. The number of aromatic nitrogens is 1. The Bertz CT molecular complexity index is 316. The van der Waals surface area contributed by atoms with Gasteiger partial charge in [0.25, 0.3) is 0 Å². The first-order valence-electron chi connectivity index (χ1n) is 5.95. The molecule has 3 nitrogen and oxygen atoms in total. The molecule has 1 fully saturated rings. The summed E-state index contributed by atoms with van der Waals surface area (Å²) in [4.78, 5) is 3.56. The van der Waals surface area contributed by atoms with Crippen LogP contribution in [0, 0.1) is 0 Å². The molecule has 0 spiro atoms. The van der Waals surface area contributed by atoms with Crippen molar-refractivity contribution in [3.8, 4) is 0 Å². The highest BCUT2D eigenvalue weighted by atomic mass is 16.5. The Morgan fingerprint density at radius 3 is 3.00 bits per heavy atom. The Morgan fingerprint density at radius 2 is 2.20 bits per heavy atom. The highest BCUT2D eigenvalue weighted by Gasteiger charge is 2.20. The van der Waals surface area contributed by atoms with Crippen molar-refractivity contribution >= 4 is 0 Å². The maximum atomic E-state index is 5.49. The molecule has 1 aliphatic heterocycles. The van der Waals surface area contributed by atoms with Crippen LogP contribution >= 0.6 is 0 Å². The van der Waals surface area contributed by atoms with Crippen molar-refractivity contribution in [3.63, 3.8) is 0 Å². The molecule has 0 aromatic carbocycles. The first-order valence-corrected chi connectivity index (χ1v) is 5.95. The summed E-state index contributed by atoms with van der Waals surface area (Å²) in [6.07, 6.45) is 5.16. The van der Waals surface area contributed by atoms with Crippen molar-refractivity contribution in [1.82, 2.24) is 10.3 Å². The van der Waals surface area contributed by atoms with Crippen LogP contribution in [-0.2, 0) is 17.6 Å². The van der Waals surface area contributed by atoms with Gasteiger partial charge in [0, 0.05) is 17.9 Å². The Kier molecular flexibility index (Phi) is 2.51. The summed E-state index contributed by atoms with van der Waals surface area (Å²) in [6.45, 7) is 2.62. The van der Waals surface area contributed by atoms with Crippen LogP contribution in [0.15, 0.2) is 6.07 Å². The average Bonchev–Trinajstić information content (AvgIpc) is 2.74. The molecule has 1 aromatic rings. The summed E-state index contributed by atoms with van der Waals surface area (Å²) in [5.74, 6) is 0. The second kappa shape index (κ2) is 3.99. The van der Waals surface area contributed by atoms with Crippen molar-refractivity contribution in [2.45, 2.75) is 31.7 Å². The lowest BCUT2D eigenvalue weighted by molar-refractivity contribution is 0.0757. The zero-order valence-corrected chi connectivity index (χ0v) is 9.01. The predicted octanol–water partition coefficient (Wildman–Crippen LogP) is 1.55. The summed E-state index contributed by atoms with van der Waals surface area (Å²) in [6, 6.07) is 2.71. The summed E-state index contributed by atoms with van der Waals surface area (Å²) in [5, 5.41) is 3.49. The van der Waals surface area contributed by atoms with E-state index in [2.05, 4.69) is 16.4 Å². The molecule has 1 saturated heterocycles. The lowest BCUT2D eigenvalue weighted by Crippen LogP contribution is -2.34. The number of fused-ring (bicyclic) bond motifs is 1. The Morgan fingerprint density at radius 1 is 1.27 bits per heavy atom. The van der Waals surface area contributed by atoms with Gasteiger partial charge in [0.15, 0.2) is 0 Å². The van der Waals surface area contributed by atoms with Crippen molar-refractivity contribution in [1.29, 1.82) is 0 Å². The molecule has 2 N–H and O–H groups in total. The summed E-state index contributed by atoms with van der Waals surface area (Å²) >= 11 is 0. The highest BCUT2D eigenvalue weighted by molar-refractivity contribution is 5.29. The third kappa shape index (κ3) is 1.82. The number of hydrogen-bond acceptors (Lipinski definition) is 2.